The second-order valence-corrected chi connectivity index (χ2v) is 6.68. The van der Waals surface area contributed by atoms with E-state index in [0.29, 0.717) is 18.7 Å². The molecule has 1 fully saturated rings. The van der Waals surface area contributed by atoms with E-state index in [-0.39, 0.29) is 23.5 Å². The Labute approximate surface area is 158 Å². The maximum atomic E-state index is 13.8. The van der Waals surface area contributed by atoms with Crippen molar-refractivity contribution in [2.45, 2.75) is 25.7 Å². The molecular formula is C21H24FN3O2. The third-order valence-electron chi connectivity index (χ3n) is 4.78. The number of carbonyl (C=O) groups is 2. The predicted molar refractivity (Wildman–Crippen MR) is 103 cm³/mol. The minimum Gasteiger partial charge on any atom is -0.338 e. The number of nitrogens with zero attached hydrogens (tertiary/aromatic N) is 1. The highest BCUT2D eigenvalue weighted by molar-refractivity contribution is 6.04. The van der Waals surface area contributed by atoms with Gasteiger partial charge in [-0.05, 0) is 49.6 Å². The van der Waals surface area contributed by atoms with E-state index in [2.05, 4.69) is 10.6 Å². The van der Waals surface area contributed by atoms with Crippen LogP contribution in [0, 0.1) is 5.82 Å². The number of hydrogen-bond acceptors (Lipinski definition) is 2. The standard InChI is InChI=1S/C21H24FN3O2/c1-2-23-21(27)25-12-6-9-17(14-25)15-7-5-8-16(13-15)20(26)24-19-11-4-3-10-18(19)22/h3-5,7-8,10-11,13,17H,2,6,9,12,14H2,1H3,(H,23,27)(H,24,26)/t17-/m0/s1. The van der Waals surface area contributed by atoms with Crippen molar-refractivity contribution in [3.8, 4) is 0 Å². The smallest absolute Gasteiger partial charge is 0.317 e. The second-order valence-electron chi connectivity index (χ2n) is 6.68. The molecule has 1 saturated heterocycles. The molecule has 3 amide bonds. The SMILES string of the molecule is CCNC(=O)N1CCC[C@H](c2cccc(C(=O)Nc3ccccc3F)c2)C1. The lowest BCUT2D eigenvalue weighted by molar-refractivity contribution is 0.102. The van der Waals surface area contributed by atoms with Gasteiger partial charge in [0, 0.05) is 31.1 Å². The summed E-state index contributed by atoms with van der Waals surface area (Å²) in [6, 6.07) is 13.4. The van der Waals surface area contributed by atoms with E-state index in [4.69, 9.17) is 0 Å². The van der Waals surface area contributed by atoms with Crippen LogP contribution in [0.5, 0.6) is 0 Å². The van der Waals surface area contributed by atoms with Crippen molar-refractivity contribution in [1.29, 1.82) is 0 Å². The van der Waals surface area contributed by atoms with Gasteiger partial charge in [0.25, 0.3) is 5.91 Å². The zero-order valence-electron chi connectivity index (χ0n) is 15.4. The topological polar surface area (TPSA) is 61.4 Å². The van der Waals surface area contributed by atoms with Crippen molar-refractivity contribution >= 4 is 17.6 Å². The van der Waals surface area contributed by atoms with E-state index >= 15 is 0 Å². The molecule has 0 bridgehead atoms. The summed E-state index contributed by atoms with van der Waals surface area (Å²) in [5.74, 6) is -0.632. The fraction of sp³-hybridized carbons (Fsp3) is 0.333. The van der Waals surface area contributed by atoms with Crippen molar-refractivity contribution in [2.24, 2.45) is 0 Å². The highest BCUT2D eigenvalue weighted by Gasteiger charge is 2.25. The van der Waals surface area contributed by atoms with Crippen LogP contribution in [0.15, 0.2) is 48.5 Å². The van der Waals surface area contributed by atoms with E-state index in [1.807, 2.05) is 30.0 Å². The average molecular weight is 369 g/mol. The molecular weight excluding hydrogens is 345 g/mol. The minimum absolute atomic E-state index is 0.0457. The van der Waals surface area contributed by atoms with Gasteiger partial charge in [-0.25, -0.2) is 9.18 Å². The molecule has 3 rings (SSSR count). The molecule has 1 aliphatic heterocycles. The molecule has 142 valence electrons. The lowest BCUT2D eigenvalue weighted by Gasteiger charge is -2.33. The highest BCUT2D eigenvalue weighted by Crippen LogP contribution is 2.28. The van der Waals surface area contributed by atoms with Crippen LogP contribution in [-0.2, 0) is 0 Å². The predicted octanol–water partition coefficient (Wildman–Crippen LogP) is 3.99. The Bertz CT molecular complexity index is 825. The zero-order valence-corrected chi connectivity index (χ0v) is 15.4. The number of benzene rings is 2. The van der Waals surface area contributed by atoms with Gasteiger partial charge in [0.1, 0.15) is 5.82 Å². The molecule has 0 spiro atoms. The lowest BCUT2D eigenvalue weighted by Crippen LogP contribution is -2.44. The molecule has 0 radical (unpaired) electrons. The lowest BCUT2D eigenvalue weighted by atomic mass is 9.89. The van der Waals surface area contributed by atoms with Gasteiger partial charge in [-0.2, -0.15) is 0 Å². The third kappa shape index (κ3) is 4.64. The van der Waals surface area contributed by atoms with Crippen molar-refractivity contribution in [2.75, 3.05) is 25.0 Å². The molecule has 0 aromatic heterocycles. The monoisotopic (exact) mass is 369 g/mol. The number of halogens is 1. The highest BCUT2D eigenvalue weighted by atomic mass is 19.1. The maximum Gasteiger partial charge on any atom is 0.317 e. The number of rotatable bonds is 4. The van der Waals surface area contributed by atoms with E-state index in [9.17, 15) is 14.0 Å². The summed E-state index contributed by atoms with van der Waals surface area (Å²) in [4.78, 5) is 26.4. The summed E-state index contributed by atoms with van der Waals surface area (Å²) in [5, 5.41) is 5.45. The summed E-state index contributed by atoms with van der Waals surface area (Å²) in [6.45, 7) is 3.88. The van der Waals surface area contributed by atoms with Crippen LogP contribution >= 0.6 is 0 Å². The van der Waals surface area contributed by atoms with Gasteiger partial charge in [0.05, 0.1) is 5.69 Å². The fourth-order valence-corrected chi connectivity index (χ4v) is 3.39. The van der Waals surface area contributed by atoms with Gasteiger partial charge in [-0.1, -0.05) is 24.3 Å². The van der Waals surface area contributed by atoms with Crippen LogP contribution in [0.1, 0.15) is 41.6 Å². The first-order valence-corrected chi connectivity index (χ1v) is 9.27. The number of carbonyl (C=O) groups excluding carboxylic acids is 2. The van der Waals surface area contributed by atoms with Crippen LogP contribution in [0.25, 0.3) is 0 Å². The molecule has 1 aliphatic rings. The van der Waals surface area contributed by atoms with Gasteiger partial charge in [0.2, 0.25) is 0 Å². The number of piperidine rings is 1. The van der Waals surface area contributed by atoms with Gasteiger partial charge >= 0.3 is 6.03 Å². The van der Waals surface area contributed by atoms with Crippen molar-refractivity contribution in [3.63, 3.8) is 0 Å². The molecule has 0 saturated carbocycles. The van der Waals surface area contributed by atoms with Crippen LogP contribution in [0.2, 0.25) is 0 Å². The Balaban J connectivity index is 1.72. The number of hydrogen-bond donors (Lipinski definition) is 2. The minimum atomic E-state index is -0.466. The van der Waals surface area contributed by atoms with Crippen LogP contribution < -0.4 is 10.6 Å². The largest absolute Gasteiger partial charge is 0.338 e. The summed E-state index contributed by atoms with van der Waals surface area (Å²) >= 11 is 0. The van der Waals surface area contributed by atoms with E-state index in [1.54, 1.807) is 18.2 Å². The summed E-state index contributed by atoms with van der Waals surface area (Å²) < 4.78 is 13.8. The molecule has 2 aromatic rings. The fourth-order valence-electron chi connectivity index (χ4n) is 3.39. The van der Waals surface area contributed by atoms with E-state index in [0.717, 1.165) is 24.9 Å². The first kappa shape index (κ1) is 18.9. The summed E-state index contributed by atoms with van der Waals surface area (Å²) in [6.07, 6.45) is 1.89. The van der Waals surface area contributed by atoms with E-state index < -0.39 is 5.82 Å². The van der Waals surface area contributed by atoms with Gasteiger partial charge < -0.3 is 15.5 Å². The molecule has 1 atom stereocenters. The Hall–Kier alpha value is -2.89. The molecule has 1 heterocycles. The number of likely N-dealkylation sites (tertiary alicyclic amines) is 1. The molecule has 5 nitrogen and oxygen atoms in total. The number of para-hydroxylation sites is 1. The van der Waals surface area contributed by atoms with Crippen molar-refractivity contribution in [1.82, 2.24) is 10.2 Å². The van der Waals surface area contributed by atoms with Gasteiger partial charge in [0.15, 0.2) is 0 Å². The number of anilines is 1. The number of nitrogens with one attached hydrogen (secondary N) is 2. The summed E-state index contributed by atoms with van der Waals surface area (Å²) in [7, 11) is 0. The molecule has 6 heteroatoms. The maximum absolute atomic E-state index is 13.8. The van der Waals surface area contributed by atoms with E-state index in [1.165, 1.54) is 12.1 Å². The zero-order chi connectivity index (χ0) is 19.2. The first-order valence-electron chi connectivity index (χ1n) is 9.27. The quantitative estimate of drug-likeness (QED) is 0.856. The van der Waals surface area contributed by atoms with Gasteiger partial charge in [-0.3, -0.25) is 4.79 Å². The van der Waals surface area contributed by atoms with Gasteiger partial charge in [-0.15, -0.1) is 0 Å². The Morgan fingerprint density at radius 1 is 1.19 bits per heavy atom. The normalized spacial score (nSPS) is 16.7. The second kappa shape index (κ2) is 8.66. The third-order valence-corrected chi connectivity index (χ3v) is 4.78. The van der Waals surface area contributed by atoms with Crippen molar-refractivity contribution < 1.29 is 14.0 Å². The average Bonchev–Trinajstić information content (AvgIpc) is 2.70. The number of urea groups is 1. The number of amides is 3. The summed E-state index contributed by atoms with van der Waals surface area (Å²) in [5.41, 5.74) is 1.66. The van der Waals surface area contributed by atoms with Crippen LogP contribution in [-0.4, -0.2) is 36.5 Å². The molecule has 0 unspecified atom stereocenters. The first-order chi connectivity index (χ1) is 13.1. The molecule has 27 heavy (non-hydrogen) atoms. The van der Waals surface area contributed by atoms with Crippen LogP contribution in [0.4, 0.5) is 14.9 Å². The Morgan fingerprint density at radius 2 is 2.00 bits per heavy atom. The Kier molecular flexibility index (Phi) is 6.06. The molecule has 0 aliphatic carbocycles. The molecule has 2 aromatic carbocycles. The van der Waals surface area contributed by atoms with Crippen LogP contribution in [0.3, 0.4) is 0 Å². The molecule has 2 N–H and O–H groups in total. The Morgan fingerprint density at radius 3 is 2.78 bits per heavy atom. The van der Waals surface area contributed by atoms with Crippen molar-refractivity contribution in [3.05, 3.63) is 65.5 Å².